The van der Waals surface area contributed by atoms with Crippen LogP contribution in [0, 0.1) is 23.1 Å². The monoisotopic (exact) mass is 443 g/mol. The summed E-state index contributed by atoms with van der Waals surface area (Å²) in [5, 5.41) is 16.1. The van der Waals surface area contributed by atoms with Crippen molar-refractivity contribution in [1.82, 2.24) is 10.3 Å². The topological polar surface area (TPSA) is 104 Å². The number of amides is 1. The first-order chi connectivity index (χ1) is 16.1. The standard InChI is InChI=1S/C26H26FN5O/c27-20-6-3-4-17(14-20)10-13-31-26-22(24(25(29)33)19-11-12-30-16-19)8-9-23(32-26)21-7-2-1-5-18(21)15-28/h1-9,14,19,24,30H,10-13,16H2,(H2,29,33)(H,31,32). The average Bonchev–Trinajstić information content (AvgIpc) is 3.34. The maximum Gasteiger partial charge on any atom is 0.225 e. The van der Waals surface area contributed by atoms with Gasteiger partial charge in [-0.3, -0.25) is 4.79 Å². The Labute approximate surface area is 192 Å². The van der Waals surface area contributed by atoms with Crippen molar-refractivity contribution in [3.8, 4) is 17.3 Å². The number of nitrogens with zero attached hydrogens (tertiary/aromatic N) is 2. The Morgan fingerprint density at radius 3 is 2.82 bits per heavy atom. The van der Waals surface area contributed by atoms with Crippen molar-refractivity contribution in [3.63, 3.8) is 0 Å². The van der Waals surface area contributed by atoms with Crippen LogP contribution in [0.15, 0.2) is 60.7 Å². The molecule has 2 heterocycles. The van der Waals surface area contributed by atoms with E-state index in [1.807, 2.05) is 36.4 Å². The van der Waals surface area contributed by atoms with Gasteiger partial charge in [-0.05, 0) is 61.7 Å². The fraction of sp³-hybridized carbons (Fsp3) is 0.269. The fourth-order valence-corrected chi connectivity index (χ4v) is 4.44. The minimum Gasteiger partial charge on any atom is -0.369 e. The first-order valence-electron chi connectivity index (χ1n) is 11.1. The maximum absolute atomic E-state index is 13.5. The van der Waals surface area contributed by atoms with Crippen LogP contribution in [0.2, 0.25) is 0 Å². The van der Waals surface area contributed by atoms with Gasteiger partial charge in [0.15, 0.2) is 0 Å². The van der Waals surface area contributed by atoms with Crippen LogP contribution in [0.1, 0.15) is 29.0 Å². The molecule has 4 rings (SSSR count). The van der Waals surface area contributed by atoms with Crippen LogP contribution in [0.25, 0.3) is 11.3 Å². The molecule has 0 bridgehead atoms. The van der Waals surface area contributed by atoms with E-state index in [2.05, 4.69) is 16.7 Å². The van der Waals surface area contributed by atoms with Gasteiger partial charge in [0.05, 0.1) is 23.2 Å². The zero-order chi connectivity index (χ0) is 23.2. The van der Waals surface area contributed by atoms with E-state index in [-0.39, 0.29) is 17.6 Å². The normalized spacial score (nSPS) is 16.2. The lowest BCUT2D eigenvalue weighted by atomic mass is 9.84. The number of halogens is 1. The third-order valence-electron chi connectivity index (χ3n) is 6.06. The van der Waals surface area contributed by atoms with Crippen LogP contribution in [0.5, 0.6) is 0 Å². The summed E-state index contributed by atoms with van der Waals surface area (Å²) in [7, 11) is 0. The third-order valence-corrected chi connectivity index (χ3v) is 6.06. The summed E-state index contributed by atoms with van der Waals surface area (Å²) in [5.41, 5.74) is 9.33. The molecule has 2 unspecified atom stereocenters. The minimum absolute atomic E-state index is 0.0883. The van der Waals surface area contributed by atoms with Crippen LogP contribution in [-0.4, -0.2) is 30.5 Å². The van der Waals surface area contributed by atoms with Crippen LogP contribution in [0.3, 0.4) is 0 Å². The summed E-state index contributed by atoms with van der Waals surface area (Å²) < 4.78 is 13.5. The largest absolute Gasteiger partial charge is 0.369 e. The Hall–Kier alpha value is -3.76. The number of primary amides is 1. The first-order valence-corrected chi connectivity index (χ1v) is 11.1. The lowest BCUT2D eigenvalue weighted by Gasteiger charge is -2.23. The Balaban J connectivity index is 1.68. The van der Waals surface area contributed by atoms with E-state index in [4.69, 9.17) is 10.7 Å². The molecule has 0 aliphatic carbocycles. The van der Waals surface area contributed by atoms with Gasteiger partial charge in [-0.25, -0.2) is 9.37 Å². The Morgan fingerprint density at radius 2 is 2.09 bits per heavy atom. The van der Waals surface area contributed by atoms with Crippen LogP contribution < -0.4 is 16.4 Å². The molecule has 3 aromatic rings. The number of nitrogens with two attached hydrogens (primary N) is 1. The molecular weight excluding hydrogens is 417 g/mol. The maximum atomic E-state index is 13.5. The summed E-state index contributed by atoms with van der Waals surface area (Å²) in [6.45, 7) is 2.06. The van der Waals surface area contributed by atoms with Gasteiger partial charge in [-0.2, -0.15) is 5.26 Å². The number of aromatic nitrogens is 1. The first kappa shape index (κ1) is 22.4. The van der Waals surface area contributed by atoms with Gasteiger partial charge in [-0.15, -0.1) is 0 Å². The molecule has 1 amide bonds. The molecule has 168 valence electrons. The van der Waals surface area contributed by atoms with Crippen molar-refractivity contribution in [2.24, 2.45) is 11.7 Å². The second-order valence-electron chi connectivity index (χ2n) is 8.23. The lowest BCUT2D eigenvalue weighted by Crippen LogP contribution is -2.30. The molecule has 1 saturated heterocycles. The highest BCUT2D eigenvalue weighted by Crippen LogP contribution is 2.35. The van der Waals surface area contributed by atoms with E-state index in [0.717, 1.165) is 36.2 Å². The molecule has 33 heavy (non-hydrogen) atoms. The van der Waals surface area contributed by atoms with Gasteiger partial charge in [0.25, 0.3) is 0 Å². The number of anilines is 1. The van der Waals surface area contributed by atoms with E-state index < -0.39 is 5.92 Å². The second kappa shape index (κ2) is 10.2. The van der Waals surface area contributed by atoms with Gasteiger partial charge < -0.3 is 16.4 Å². The molecule has 4 N–H and O–H groups in total. The van der Waals surface area contributed by atoms with Gasteiger partial charge in [-0.1, -0.05) is 36.4 Å². The number of rotatable bonds is 8. The summed E-state index contributed by atoms with van der Waals surface area (Å²) in [6.07, 6.45) is 1.44. The number of nitrogens with one attached hydrogen (secondary N) is 2. The van der Waals surface area contributed by atoms with Gasteiger partial charge >= 0.3 is 0 Å². The van der Waals surface area contributed by atoms with Gasteiger partial charge in [0.2, 0.25) is 5.91 Å². The zero-order valence-electron chi connectivity index (χ0n) is 18.2. The summed E-state index contributed by atoms with van der Waals surface area (Å²) in [4.78, 5) is 17.3. The molecule has 1 fully saturated rings. The lowest BCUT2D eigenvalue weighted by molar-refractivity contribution is -0.120. The molecule has 1 aliphatic heterocycles. The van der Waals surface area contributed by atoms with Crippen LogP contribution >= 0.6 is 0 Å². The number of carbonyl (C=O) groups is 1. The fourth-order valence-electron chi connectivity index (χ4n) is 4.44. The number of carbonyl (C=O) groups excluding carboxylic acids is 1. The second-order valence-corrected chi connectivity index (χ2v) is 8.23. The molecule has 0 spiro atoms. The van der Waals surface area contributed by atoms with E-state index in [1.165, 1.54) is 12.1 Å². The molecule has 2 aromatic carbocycles. The number of pyridine rings is 1. The highest BCUT2D eigenvalue weighted by atomic mass is 19.1. The molecule has 6 nitrogen and oxygen atoms in total. The van der Waals surface area contributed by atoms with Crippen molar-refractivity contribution in [2.75, 3.05) is 25.0 Å². The predicted molar refractivity (Wildman–Crippen MR) is 126 cm³/mol. The number of hydrogen-bond acceptors (Lipinski definition) is 5. The Morgan fingerprint density at radius 1 is 1.24 bits per heavy atom. The highest BCUT2D eigenvalue weighted by molar-refractivity contribution is 5.84. The molecule has 0 radical (unpaired) electrons. The van der Waals surface area contributed by atoms with Crippen LogP contribution in [0.4, 0.5) is 10.2 Å². The highest BCUT2D eigenvalue weighted by Gasteiger charge is 2.33. The zero-order valence-corrected chi connectivity index (χ0v) is 18.2. The van der Waals surface area contributed by atoms with E-state index in [9.17, 15) is 14.4 Å². The third kappa shape index (κ3) is 5.18. The van der Waals surface area contributed by atoms with Gasteiger partial charge in [0, 0.05) is 17.7 Å². The van der Waals surface area contributed by atoms with E-state index in [1.54, 1.807) is 12.1 Å². The molecule has 1 aromatic heterocycles. The van der Waals surface area contributed by atoms with Crippen molar-refractivity contribution >= 4 is 11.7 Å². The van der Waals surface area contributed by atoms with E-state index in [0.29, 0.717) is 30.0 Å². The summed E-state index contributed by atoms with van der Waals surface area (Å²) in [5.74, 6) is -0.491. The molecular formula is C26H26FN5O. The van der Waals surface area contributed by atoms with Crippen LogP contribution in [-0.2, 0) is 11.2 Å². The molecule has 0 saturated carbocycles. The van der Waals surface area contributed by atoms with Crippen molar-refractivity contribution < 1.29 is 9.18 Å². The molecule has 2 atom stereocenters. The van der Waals surface area contributed by atoms with Crippen molar-refractivity contribution in [1.29, 1.82) is 5.26 Å². The van der Waals surface area contributed by atoms with Crippen molar-refractivity contribution in [2.45, 2.75) is 18.8 Å². The van der Waals surface area contributed by atoms with Gasteiger partial charge in [0.1, 0.15) is 11.6 Å². The number of nitriles is 1. The summed E-state index contributed by atoms with van der Waals surface area (Å²) in [6, 6.07) is 19.7. The summed E-state index contributed by atoms with van der Waals surface area (Å²) >= 11 is 0. The SMILES string of the molecule is N#Cc1ccccc1-c1ccc(C(C(N)=O)C2CCNC2)c(NCCc2cccc(F)c2)n1. The average molecular weight is 444 g/mol. The predicted octanol–water partition coefficient (Wildman–Crippen LogP) is 3.59. The van der Waals surface area contributed by atoms with E-state index >= 15 is 0 Å². The number of hydrogen-bond donors (Lipinski definition) is 3. The Bertz CT molecular complexity index is 1180. The quantitative estimate of drug-likeness (QED) is 0.494. The smallest absolute Gasteiger partial charge is 0.225 e. The minimum atomic E-state index is -0.482. The van der Waals surface area contributed by atoms with Crippen molar-refractivity contribution in [3.05, 3.63) is 83.2 Å². The molecule has 1 aliphatic rings. The Kier molecular flexibility index (Phi) is 6.96. The molecule has 7 heteroatoms. The number of benzene rings is 2.